The van der Waals surface area contributed by atoms with Crippen LogP contribution < -0.4 is 10.2 Å². The molecule has 2 fully saturated rings. The molecule has 1 amide bonds. The van der Waals surface area contributed by atoms with Crippen LogP contribution in [0.5, 0.6) is 0 Å². The SMILES string of the molecule is O=C(CSc1nnc(N2CCCCC2)n1C1CC1)Nc1ccccc1-c1ccccc1. The van der Waals surface area contributed by atoms with Crippen molar-refractivity contribution in [2.24, 2.45) is 0 Å². The van der Waals surface area contributed by atoms with Gasteiger partial charge in [0.1, 0.15) is 0 Å². The first-order valence-electron chi connectivity index (χ1n) is 11.1. The van der Waals surface area contributed by atoms with Crippen molar-refractivity contribution in [1.82, 2.24) is 14.8 Å². The number of nitrogens with one attached hydrogen (secondary N) is 1. The summed E-state index contributed by atoms with van der Waals surface area (Å²) in [7, 11) is 0. The average molecular weight is 434 g/mol. The highest BCUT2D eigenvalue weighted by atomic mass is 32.2. The Morgan fingerprint density at radius 1 is 0.968 bits per heavy atom. The molecule has 0 radical (unpaired) electrons. The molecule has 0 unspecified atom stereocenters. The molecule has 160 valence electrons. The van der Waals surface area contributed by atoms with E-state index in [1.807, 2.05) is 42.5 Å². The van der Waals surface area contributed by atoms with Crippen LogP contribution in [0.3, 0.4) is 0 Å². The molecule has 1 aliphatic carbocycles. The molecular formula is C24H27N5OS. The van der Waals surface area contributed by atoms with Crippen LogP contribution >= 0.6 is 11.8 Å². The van der Waals surface area contributed by atoms with Gasteiger partial charge in [0.25, 0.3) is 0 Å². The first kappa shape index (κ1) is 20.1. The molecule has 6 nitrogen and oxygen atoms in total. The van der Waals surface area contributed by atoms with Crippen molar-refractivity contribution < 1.29 is 4.79 Å². The summed E-state index contributed by atoms with van der Waals surface area (Å²) in [5, 5.41) is 12.9. The fraction of sp³-hybridized carbons (Fsp3) is 0.375. The quantitative estimate of drug-likeness (QED) is 0.531. The monoisotopic (exact) mass is 433 g/mol. The van der Waals surface area contributed by atoms with Gasteiger partial charge < -0.3 is 10.2 Å². The molecule has 2 heterocycles. The zero-order valence-corrected chi connectivity index (χ0v) is 18.4. The molecule has 1 N–H and O–H groups in total. The zero-order chi connectivity index (χ0) is 21.0. The molecule has 1 aromatic heterocycles. The number of carbonyl (C=O) groups is 1. The third-order valence-corrected chi connectivity index (χ3v) is 6.76. The number of carbonyl (C=O) groups excluding carboxylic acids is 1. The molecule has 2 aliphatic rings. The third kappa shape index (κ3) is 4.61. The minimum Gasteiger partial charge on any atom is -0.341 e. The van der Waals surface area contributed by atoms with Crippen LogP contribution in [0.25, 0.3) is 11.1 Å². The molecule has 2 aromatic carbocycles. The molecule has 1 saturated carbocycles. The second-order valence-electron chi connectivity index (χ2n) is 8.18. The number of piperidine rings is 1. The number of hydrogen-bond donors (Lipinski definition) is 1. The molecule has 31 heavy (non-hydrogen) atoms. The van der Waals surface area contributed by atoms with Gasteiger partial charge >= 0.3 is 0 Å². The van der Waals surface area contributed by atoms with Crippen LogP contribution in [0, 0.1) is 0 Å². The Labute approximate surface area is 187 Å². The maximum Gasteiger partial charge on any atom is 0.234 e. The van der Waals surface area contributed by atoms with Gasteiger partial charge in [0.05, 0.1) is 5.75 Å². The van der Waals surface area contributed by atoms with Gasteiger partial charge in [-0.05, 0) is 43.7 Å². The van der Waals surface area contributed by atoms with Gasteiger partial charge in [0, 0.05) is 30.4 Å². The lowest BCUT2D eigenvalue weighted by Crippen LogP contribution is -2.32. The molecule has 1 aliphatic heterocycles. The van der Waals surface area contributed by atoms with Gasteiger partial charge in [-0.25, -0.2) is 0 Å². The van der Waals surface area contributed by atoms with E-state index in [1.54, 1.807) is 0 Å². The minimum absolute atomic E-state index is 0.0294. The van der Waals surface area contributed by atoms with E-state index in [0.29, 0.717) is 11.8 Å². The van der Waals surface area contributed by atoms with E-state index in [0.717, 1.165) is 41.0 Å². The number of amides is 1. The number of aromatic nitrogens is 3. The number of nitrogens with zero attached hydrogens (tertiary/aromatic N) is 4. The zero-order valence-electron chi connectivity index (χ0n) is 17.5. The minimum atomic E-state index is -0.0294. The lowest BCUT2D eigenvalue weighted by Gasteiger charge is -2.27. The smallest absolute Gasteiger partial charge is 0.234 e. The topological polar surface area (TPSA) is 63.1 Å². The summed E-state index contributed by atoms with van der Waals surface area (Å²) >= 11 is 1.48. The number of benzene rings is 2. The van der Waals surface area contributed by atoms with E-state index in [4.69, 9.17) is 0 Å². The first-order chi connectivity index (χ1) is 15.3. The molecule has 0 atom stereocenters. The number of para-hydroxylation sites is 1. The van der Waals surface area contributed by atoms with E-state index >= 15 is 0 Å². The van der Waals surface area contributed by atoms with Crippen molar-refractivity contribution in [1.29, 1.82) is 0 Å². The molecule has 5 rings (SSSR count). The van der Waals surface area contributed by atoms with E-state index in [-0.39, 0.29) is 5.91 Å². The van der Waals surface area contributed by atoms with Crippen LogP contribution in [0.15, 0.2) is 59.8 Å². The van der Waals surface area contributed by atoms with Gasteiger partial charge in [0.15, 0.2) is 5.16 Å². The van der Waals surface area contributed by atoms with Crippen LogP contribution in [0.2, 0.25) is 0 Å². The molecule has 3 aromatic rings. The van der Waals surface area contributed by atoms with E-state index in [1.165, 1.54) is 43.9 Å². The summed E-state index contributed by atoms with van der Waals surface area (Å²) in [6.45, 7) is 2.10. The maximum atomic E-state index is 12.8. The second-order valence-corrected chi connectivity index (χ2v) is 9.12. The van der Waals surface area contributed by atoms with Crippen molar-refractivity contribution in [3.8, 4) is 11.1 Å². The van der Waals surface area contributed by atoms with Gasteiger partial charge in [-0.3, -0.25) is 9.36 Å². The van der Waals surface area contributed by atoms with Crippen molar-refractivity contribution in [3.05, 3.63) is 54.6 Å². The average Bonchev–Trinajstić information content (AvgIpc) is 3.58. The highest BCUT2D eigenvalue weighted by Gasteiger charge is 2.32. The lowest BCUT2D eigenvalue weighted by atomic mass is 10.0. The van der Waals surface area contributed by atoms with Crippen molar-refractivity contribution in [2.75, 3.05) is 29.1 Å². The number of anilines is 2. The normalized spacial score (nSPS) is 16.3. The highest BCUT2D eigenvalue weighted by Crippen LogP contribution is 2.41. The van der Waals surface area contributed by atoms with E-state index in [9.17, 15) is 4.79 Å². The number of rotatable bonds is 7. The second kappa shape index (κ2) is 9.14. The van der Waals surface area contributed by atoms with Crippen molar-refractivity contribution >= 4 is 29.3 Å². The standard InChI is InChI=1S/C24H27N5OS/c30-22(25-21-12-6-5-11-20(21)18-9-3-1-4-10-18)17-31-24-27-26-23(29(24)19-13-14-19)28-15-7-2-8-16-28/h1,3-6,9-12,19H,2,7-8,13-17H2,(H,25,30). The van der Waals surface area contributed by atoms with Crippen LogP contribution in [0.1, 0.15) is 38.1 Å². The molecule has 1 saturated heterocycles. The summed E-state index contributed by atoms with van der Waals surface area (Å²) in [6, 6.07) is 18.5. The van der Waals surface area contributed by atoms with E-state index < -0.39 is 0 Å². The highest BCUT2D eigenvalue weighted by molar-refractivity contribution is 7.99. The van der Waals surface area contributed by atoms with E-state index in [2.05, 4.69) is 37.1 Å². The predicted molar refractivity (Wildman–Crippen MR) is 126 cm³/mol. The van der Waals surface area contributed by atoms with Crippen LogP contribution in [-0.2, 0) is 4.79 Å². The van der Waals surface area contributed by atoms with Crippen LogP contribution in [-0.4, -0.2) is 39.5 Å². The van der Waals surface area contributed by atoms with Gasteiger partial charge in [-0.2, -0.15) is 0 Å². The Balaban J connectivity index is 1.27. The fourth-order valence-corrected chi connectivity index (χ4v) is 4.91. The predicted octanol–water partition coefficient (Wildman–Crippen LogP) is 5.00. The summed E-state index contributed by atoms with van der Waals surface area (Å²) in [5.41, 5.74) is 2.94. The third-order valence-electron chi connectivity index (χ3n) is 5.82. The Kier molecular flexibility index (Phi) is 5.93. The Bertz CT molecular complexity index is 1040. The first-order valence-corrected chi connectivity index (χ1v) is 12.0. The fourth-order valence-electron chi connectivity index (χ4n) is 4.11. The summed E-state index contributed by atoms with van der Waals surface area (Å²) in [5.74, 6) is 1.27. The number of thioether (sulfide) groups is 1. The number of hydrogen-bond acceptors (Lipinski definition) is 5. The summed E-state index contributed by atoms with van der Waals surface area (Å²) in [4.78, 5) is 15.1. The van der Waals surface area contributed by atoms with Gasteiger partial charge in [-0.15, -0.1) is 10.2 Å². The van der Waals surface area contributed by atoms with Crippen LogP contribution in [0.4, 0.5) is 11.6 Å². The Morgan fingerprint density at radius 3 is 2.48 bits per heavy atom. The van der Waals surface area contributed by atoms with Crippen molar-refractivity contribution in [3.63, 3.8) is 0 Å². The largest absolute Gasteiger partial charge is 0.341 e. The molecule has 0 bridgehead atoms. The Hall–Kier alpha value is -2.80. The molecule has 7 heteroatoms. The van der Waals surface area contributed by atoms with Gasteiger partial charge in [-0.1, -0.05) is 60.3 Å². The molecular weight excluding hydrogens is 406 g/mol. The van der Waals surface area contributed by atoms with Crippen molar-refractivity contribution in [2.45, 2.75) is 43.3 Å². The summed E-state index contributed by atoms with van der Waals surface area (Å²) in [6.07, 6.45) is 6.05. The van der Waals surface area contributed by atoms with Gasteiger partial charge in [0.2, 0.25) is 11.9 Å². The molecule has 0 spiro atoms. The summed E-state index contributed by atoms with van der Waals surface area (Å²) < 4.78 is 2.27. The maximum absolute atomic E-state index is 12.8. The lowest BCUT2D eigenvalue weighted by molar-refractivity contribution is -0.113. The Morgan fingerprint density at radius 2 is 1.71 bits per heavy atom.